The Bertz CT molecular complexity index is 1070. The number of nitrogens with zero attached hydrogens (tertiary/aromatic N) is 3. The molecule has 8 heteroatoms. The van der Waals surface area contributed by atoms with Crippen molar-refractivity contribution in [1.29, 1.82) is 0 Å². The lowest BCUT2D eigenvalue weighted by molar-refractivity contribution is -0.0585. The summed E-state index contributed by atoms with van der Waals surface area (Å²) in [5, 5.41) is 7.32. The fourth-order valence-corrected chi connectivity index (χ4v) is 3.95. The van der Waals surface area contributed by atoms with Gasteiger partial charge in [-0.25, -0.2) is 4.68 Å². The lowest BCUT2D eigenvalue weighted by atomic mass is 10.1. The second kappa shape index (κ2) is 9.03. The number of benzene rings is 2. The number of hydrogen-bond acceptors (Lipinski definition) is 4. The number of halogens is 1. The van der Waals surface area contributed by atoms with Crippen molar-refractivity contribution >= 4 is 33.6 Å². The van der Waals surface area contributed by atoms with Crippen LogP contribution in [0.5, 0.6) is 0 Å². The number of carbonyl (C=O) groups excluding carboxylic acids is 2. The van der Waals surface area contributed by atoms with E-state index in [2.05, 4.69) is 26.3 Å². The number of ether oxygens (including phenoxy) is 1. The molecule has 2 aromatic carbocycles. The molecule has 31 heavy (non-hydrogen) atoms. The van der Waals surface area contributed by atoms with Gasteiger partial charge in [0, 0.05) is 23.1 Å². The molecule has 2 atom stereocenters. The molecule has 4 rings (SSSR count). The summed E-state index contributed by atoms with van der Waals surface area (Å²) in [7, 11) is 0. The maximum absolute atomic E-state index is 13.4. The molecule has 1 aromatic heterocycles. The molecule has 2 amide bonds. The Morgan fingerprint density at radius 1 is 1.03 bits per heavy atom. The number of morpholine rings is 1. The van der Waals surface area contributed by atoms with Crippen LogP contribution in [0.3, 0.4) is 0 Å². The van der Waals surface area contributed by atoms with E-state index in [0.29, 0.717) is 30.0 Å². The third kappa shape index (κ3) is 4.70. The van der Waals surface area contributed by atoms with Gasteiger partial charge >= 0.3 is 0 Å². The van der Waals surface area contributed by atoms with Crippen molar-refractivity contribution in [3.63, 3.8) is 0 Å². The highest BCUT2D eigenvalue weighted by Gasteiger charge is 2.30. The number of hydrogen-bond donors (Lipinski definition) is 1. The SMILES string of the molecule is CC1CN(C(=O)c2cnn(-c3ccccc3)c2NC(=O)c2ccc(Br)cc2)CC(C)O1. The van der Waals surface area contributed by atoms with Gasteiger partial charge in [-0.1, -0.05) is 34.1 Å². The van der Waals surface area contributed by atoms with Crippen molar-refractivity contribution in [2.75, 3.05) is 18.4 Å². The highest BCUT2D eigenvalue weighted by molar-refractivity contribution is 9.10. The molecule has 2 heterocycles. The molecule has 0 radical (unpaired) electrons. The van der Waals surface area contributed by atoms with Crippen LogP contribution in [0.2, 0.25) is 0 Å². The molecule has 1 saturated heterocycles. The minimum atomic E-state index is -0.317. The second-order valence-corrected chi connectivity index (χ2v) is 8.50. The number of carbonyl (C=O) groups is 2. The zero-order valence-electron chi connectivity index (χ0n) is 17.3. The predicted octanol–water partition coefficient (Wildman–Crippen LogP) is 4.14. The fraction of sp³-hybridized carbons (Fsp3) is 0.261. The lowest BCUT2D eigenvalue weighted by Gasteiger charge is -2.35. The number of para-hydroxylation sites is 1. The van der Waals surface area contributed by atoms with Crippen molar-refractivity contribution in [3.8, 4) is 5.69 Å². The number of aromatic nitrogens is 2. The van der Waals surface area contributed by atoms with E-state index in [1.54, 1.807) is 33.8 Å². The van der Waals surface area contributed by atoms with Crippen LogP contribution in [0.15, 0.2) is 65.3 Å². The Morgan fingerprint density at radius 3 is 2.32 bits per heavy atom. The van der Waals surface area contributed by atoms with Crippen LogP contribution in [-0.4, -0.2) is 51.8 Å². The van der Waals surface area contributed by atoms with Crippen LogP contribution in [0.25, 0.3) is 5.69 Å². The molecular formula is C23H23BrN4O3. The summed E-state index contributed by atoms with van der Waals surface area (Å²) < 4.78 is 8.21. The van der Waals surface area contributed by atoms with Crippen molar-refractivity contribution in [1.82, 2.24) is 14.7 Å². The third-order valence-corrected chi connectivity index (χ3v) is 5.57. The van der Waals surface area contributed by atoms with E-state index < -0.39 is 0 Å². The number of anilines is 1. The molecule has 0 bridgehead atoms. The van der Waals surface area contributed by atoms with Crippen LogP contribution >= 0.6 is 15.9 Å². The van der Waals surface area contributed by atoms with Crippen LogP contribution in [0.1, 0.15) is 34.6 Å². The van der Waals surface area contributed by atoms with Gasteiger partial charge in [-0.05, 0) is 50.2 Å². The summed E-state index contributed by atoms with van der Waals surface area (Å²) in [4.78, 5) is 28.1. The van der Waals surface area contributed by atoms with E-state index in [0.717, 1.165) is 10.2 Å². The molecule has 1 N–H and O–H groups in total. The topological polar surface area (TPSA) is 76.5 Å². The molecule has 1 aliphatic heterocycles. The van der Waals surface area contributed by atoms with Crippen molar-refractivity contribution < 1.29 is 14.3 Å². The molecule has 1 fully saturated rings. The minimum Gasteiger partial charge on any atom is -0.372 e. The highest BCUT2D eigenvalue weighted by Crippen LogP contribution is 2.24. The van der Waals surface area contributed by atoms with E-state index in [9.17, 15) is 9.59 Å². The van der Waals surface area contributed by atoms with Gasteiger partial charge in [0.25, 0.3) is 11.8 Å². The Hall–Kier alpha value is -2.97. The summed E-state index contributed by atoms with van der Waals surface area (Å²) in [5.74, 6) is -0.158. The van der Waals surface area contributed by atoms with E-state index in [4.69, 9.17) is 4.74 Å². The van der Waals surface area contributed by atoms with Gasteiger partial charge in [-0.3, -0.25) is 9.59 Å². The number of amides is 2. The van der Waals surface area contributed by atoms with Crippen LogP contribution in [-0.2, 0) is 4.74 Å². The van der Waals surface area contributed by atoms with Gasteiger partial charge in [0.05, 0.1) is 24.1 Å². The molecule has 1 aliphatic rings. The Morgan fingerprint density at radius 2 is 1.68 bits per heavy atom. The zero-order valence-corrected chi connectivity index (χ0v) is 18.9. The Kier molecular flexibility index (Phi) is 6.20. The largest absolute Gasteiger partial charge is 0.372 e. The summed E-state index contributed by atoms with van der Waals surface area (Å²) in [6.07, 6.45) is 1.40. The van der Waals surface area contributed by atoms with E-state index in [1.807, 2.05) is 44.2 Å². The first-order valence-corrected chi connectivity index (χ1v) is 10.9. The van der Waals surface area contributed by atoms with Gasteiger partial charge < -0.3 is 15.0 Å². The molecule has 160 valence electrons. The third-order valence-electron chi connectivity index (χ3n) is 5.05. The first kappa shape index (κ1) is 21.3. The van der Waals surface area contributed by atoms with E-state index in [-0.39, 0.29) is 24.0 Å². The first-order valence-electron chi connectivity index (χ1n) is 10.1. The van der Waals surface area contributed by atoms with Crippen molar-refractivity contribution in [3.05, 3.63) is 76.4 Å². The van der Waals surface area contributed by atoms with Gasteiger partial charge in [0.15, 0.2) is 0 Å². The second-order valence-electron chi connectivity index (χ2n) is 7.58. The summed E-state index contributed by atoms with van der Waals surface area (Å²) >= 11 is 3.38. The molecule has 2 unspecified atom stereocenters. The fourth-order valence-electron chi connectivity index (χ4n) is 3.69. The van der Waals surface area contributed by atoms with Crippen LogP contribution in [0, 0.1) is 0 Å². The van der Waals surface area contributed by atoms with E-state index in [1.165, 1.54) is 6.20 Å². The zero-order chi connectivity index (χ0) is 22.0. The molecule has 0 aliphatic carbocycles. The minimum absolute atomic E-state index is 0.0577. The number of nitrogens with one attached hydrogen (secondary N) is 1. The molecule has 0 spiro atoms. The van der Waals surface area contributed by atoms with Gasteiger partial charge in [0.2, 0.25) is 0 Å². The normalized spacial score (nSPS) is 18.6. The molecule has 7 nitrogen and oxygen atoms in total. The van der Waals surface area contributed by atoms with Crippen LogP contribution < -0.4 is 5.32 Å². The van der Waals surface area contributed by atoms with Gasteiger partial charge in [0.1, 0.15) is 11.4 Å². The summed E-state index contributed by atoms with van der Waals surface area (Å²) in [5.41, 5.74) is 1.57. The Balaban J connectivity index is 1.70. The first-order chi connectivity index (χ1) is 14.9. The van der Waals surface area contributed by atoms with Gasteiger partial charge in [-0.15, -0.1) is 0 Å². The van der Waals surface area contributed by atoms with Crippen molar-refractivity contribution in [2.45, 2.75) is 26.1 Å². The molecule has 3 aromatic rings. The molecular weight excluding hydrogens is 460 g/mol. The van der Waals surface area contributed by atoms with Gasteiger partial charge in [-0.2, -0.15) is 5.10 Å². The highest BCUT2D eigenvalue weighted by atomic mass is 79.9. The smallest absolute Gasteiger partial charge is 0.259 e. The lowest BCUT2D eigenvalue weighted by Crippen LogP contribution is -2.48. The standard InChI is InChI=1S/C23H23BrN4O3/c1-15-13-27(14-16(2)31-15)23(30)20-12-25-28(19-6-4-3-5-7-19)21(20)26-22(29)17-8-10-18(24)11-9-17/h3-12,15-16H,13-14H2,1-2H3,(H,26,29). The average molecular weight is 483 g/mol. The van der Waals surface area contributed by atoms with Crippen molar-refractivity contribution in [2.24, 2.45) is 0 Å². The quantitative estimate of drug-likeness (QED) is 0.606. The Labute approximate surface area is 189 Å². The van der Waals surface area contributed by atoms with Crippen LogP contribution in [0.4, 0.5) is 5.82 Å². The maximum atomic E-state index is 13.4. The number of rotatable bonds is 4. The van der Waals surface area contributed by atoms with E-state index >= 15 is 0 Å². The average Bonchev–Trinajstić information content (AvgIpc) is 3.17. The maximum Gasteiger partial charge on any atom is 0.259 e. The summed E-state index contributed by atoms with van der Waals surface area (Å²) in [6, 6.07) is 16.4. The summed E-state index contributed by atoms with van der Waals surface area (Å²) in [6.45, 7) is 4.86. The monoisotopic (exact) mass is 482 g/mol. The molecule has 0 saturated carbocycles. The predicted molar refractivity (Wildman–Crippen MR) is 122 cm³/mol.